The van der Waals surface area contributed by atoms with Gasteiger partial charge in [-0.05, 0) is 24.3 Å². The van der Waals surface area contributed by atoms with Crippen molar-refractivity contribution >= 4 is 22.3 Å². The normalized spacial score (nSPS) is 10.7. The predicted molar refractivity (Wildman–Crippen MR) is 80.9 cm³/mol. The fourth-order valence-corrected chi connectivity index (χ4v) is 2.21. The number of nitrogens with zero attached hydrogens (tertiary/aromatic N) is 4. The monoisotopic (exact) mass is 314 g/mol. The van der Waals surface area contributed by atoms with Gasteiger partial charge in [-0.25, -0.2) is 4.68 Å². The SMILES string of the molecule is COc1ccc(-n2cc3c([N+](=O)[O-])cc([N+](=O)[O-])cc3n2)cc1. The van der Waals surface area contributed by atoms with Gasteiger partial charge in [0.05, 0.1) is 34.1 Å². The topological polar surface area (TPSA) is 113 Å². The molecular formula is C14H10N4O5. The highest BCUT2D eigenvalue weighted by Crippen LogP contribution is 2.31. The predicted octanol–water partition coefficient (Wildman–Crippen LogP) is 2.85. The second kappa shape index (κ2) is 5.37. The number of fused-ring (bicyclic) bond motifs is 1. The maximum Gasteiger partial charge on any atom is 0.287 e. The average molecular weight is 314 g/mol. The Kier molecular flexibility index (Phi) is 3.37. The van der Waals surface area contributed by atoms with Crippen LogP contribution in [0.25, 0.3) is 16.6 Å². The largest absolute Gasteiger partial charge is 0.497 e. The lowest BCUT2D eigenvalue weighted by molar-refractivity contribution is -0.393. The molecule has 0 aliphatic rings. The first-order chi connectivity index (χ1) is 11.0. The van der Waals surface area contributed by atoms with Crippen LogP contribution in [0.2, 0.25) is 0 Å². The van der Waals surface area contributed by atoms with Crippen LogP contribution in [0.15, 0.2) is 42.6 Å². The fourth-order valence-electron chi connectivity index (χ4n) is 2.21. The van der Waals surface area contributed by atoms with Gasteiger partial charge in [-0.15, -0.1) is 0 Å². The van der Waals surface area contributed by atoms with Crippen LogP contribution in [-0.4, -0.2) is 26.7 Å². The van der Waals surface area contributed by atoms with Gasteiger partial charge in [-0.2, -0.15) is 5.10 Å². The molecule has 0 atom stereocenters. The number of hydrogen-bond donors (Lipinski definition) is 0. The van der Waals surface area contributed by atoms with Gasteiger partial charge >= 0.3 is 0 Å². The van der Waals surface area contributed by atoms with Crippen LogP contribution in [-0.2, 0) is 0 Å². The van der Waals surface area contributed by atoms with Crippen molar-refractivity contribution in [1.29, 1.82) is 0 Å². The van der Waals surface area contributed by atoms with Crippen molar-refractivity contribution < 1.29 is 14.6 Å². The van der Waals surface area contributed by atoms with Crippen molar-refractivity contribution in [2.75, 3.05) is 7.11 Å². The maximum atomic E-state index is 11.1. The number of nitro benzene ring substituents is 2. The highest BCUT2D eigenvalue weighted by molar-refractivity contribution is 5.90. The molecule has 0 fully saturated rings. The van der Waals surface area contributed by atoms with E-state index in [0.29, 0.717) is 11.4 Å². The number of non-ortho nitro benzene ring substituents is 2. The smallest absolute Gasteiger partial charge is 0.287 e. The Morgan fingerprint density at radius 2 is 1.78 bits per heavy atom. The van der Waals surface area contributed by atoms with Crippen molar-refractivity contribution in [2.24, 2.45) is 0 Å². The molecule has 116 valence electrons. The summed E-state index contributed by atoms with van der Waals surface area (Å²) < 4.78 is 6.49. The third kappa shape index (κ3) is 2.55. The van der Waals surface area contributed by atoms with Gasteiger partial charge in [0.25, 0.3) is 11.4 Å². The average Bonchev–Trinajstić information content (AvgIpc) is 2.97. The summed E-state index contributed by atoms with van der Waals surface area (Å²) in [4.78, 5) is 20.7. The standard InChI is InChI=1S/C14H10N4O5/c1-23-11-4-2-9(3-5-11)16-8-12-13(15-16)6-10(17(19)20)7-14(12)18(21)22/h2-8H,1H3. The van der Waals surface area contributed by atoms with Crippen molar-refractivity contribution in [3.8, 4) is 11.4 Å². The minimum absolute atomic E-state index is 0.182. The third-order valence-electron chi connectivity index (χ3n) is 3.33. The van der Waals surface area contributed by atoms with Gasteiger partial charge < -0.3 is 4.74 Å². The van der Waals surface area contributed by atoms with Crippen LogP contribution in [0.5, 0.6) is 5.75 Å². The molecule has 0 saturated carbocycles. The first-order valence-corrected chi connectivity index (χ1v) is 6.46. The van der Waals surface area contributed by atoms with E-state index in [9.17, 15) is 20.2 Å². The lowest BCUT2D eigenvalue weighted by Gasteiger charge is -2.02. The molecule has 1 aromatic heterocycles. The van der Waals surface area contributed by atoms with Gasteiger partial charge in [0.15, 0.2) is 0 Å². The molecule has 0 spiro atoms. The van der Waals surface area contributed by atoms with E-state index in [1.165, 1.54) is 16.9 Å². The van der Waals surface area contributed by atoms with E-state index in [0.717, 1.165) is 6.07 Å². The molecule has 2 aromatic carbocycles. The van der Waals surface area contributed by atoms with Gasteiger partial charge in [0.1, 0.15) is 11.3 Å². The Balaban J connectivity index is 2.18. The number of aromatic nitrogens is 2. The van der Waals surface area contributed by atoms with Crippen LogP contribution in [0.4, 0.5) is 11.4 Å². The molecule has 23 heavy (non-hydrogen) atoms. The molecule has 3 aromatic rings. The van der Waals surface area contributed by atoms with Crippen LogP contribution in [0, 0.1) is 20.2 Å². The number of ether oxygens (including phenoxy) is 1. The molecule has 0 amide bonds. The molecule has 0 unspecified atom stereocenters. The molecule has 3 rings (SSSR count). The summed E-state index contributed by atoms with van der Waals surface area (Å²) in [6.07, 6.45) is 1.47. The van der Waals surface area contributed by atoms with E-state index in [1.807, 2.05) is 0 Å². The molecule has 0 bridgehead atoms. The summed E-state index contributed by atoms with van der Waals surface area (Å²) in [5.41, 5.74) is 0.110. The number of hydrogen-bond acceptors (Lipinski definition) is 6. The highest BCUT2D eigenvalue weighted by Gasteiger charge is 2.22. The third-order valence-corrected chi connectivity index (χ3v) is 3.33. The first-order valence-electron chi connectivity index (χ1n) is 6.46. The molecule has 1 heterocycles. The second-order valence-electron chi connectivity index (χ2n) is 4.68. The molecule has 0 radical (unpaired) electrons. The summed E-state index contributed by atoms with van der Waals surface area (Å²) >= 11 is 0. The zero-order valence-electron chi connectivity index (χ0n) is 11.9. The molecule has 0 N–H and O–H groups in total. The summed E-state index contributed by atoms with van der Waals surface area (Å²) in [6, 6.07) is 9.04. The summed E-state index contributed by atoms with van der Waals surface area (Å²) in [5.74, 6) is 0.659. The van der Waals surface area contributed by atoms with Gasteiger partial charge in [-0.3, -0.25) is 20.2 Å². The van der Waals surface area contributed by atoms with Crippen LogP contribution in [0.3, 0.4) is 0 Å². The Morgan fingerprint density at radius 1 is 1.09 bits per heavy atom. The van der Waals surface area contributed by atoms with Crippen molar-refractivity contribution in [2.45, 2.75) is 0 Å². The molecule has 0 aliphatic heterocycles. The van der Waals surface area contributed by atoms with Gasteiger partial charge in [0, 0.05) is 12.3 Å². The zero-order valence-corrected chi connectivity index (χ0v) is 11.9. The number of benzene rings is 2. The van der Waals surface area contributed by atoms with E-state index < -0.39 is 9.85 Å². The molecule has 0 aliphatic carbocycles. The quantitative estimate of drug-likeness (QED) is 0.540. The maximum absolute atomic E-state index is 11.1. The molecular weight excluding hydrogens is 304 g/mol. The second-order valence-corrected chi connectivity index (χ2v) is 4.68. The van der Waals surface area contributed by atoms with E-state index in [4.69, 9.17) is 4.74 Å². The summed E-state index contributed by atoms with van der Waals surface area (Å²) in [5, 5.41) is 26.5. The number of nitro groups is 2. The van der Waals surface area contributed by atoms with E-state index in [1.54, 1.807) is 31.4 Å². The first kappa shape index (κ1) is 14.4. The Labute approximate surface area is 129 Å². The minimum atomic E-state index is -0.682. The number of rotatable bonds is 4. The lowest BCUT2D eigenvalue weighted by Crippen LogP contribution is -1.94. The lowest BCUT2D eigenvalue weighted by atomic mass is 10.2. The minimum Gasteiger partial charge on any atom is -0.497 e. The summed E-state index contributed by atoms with van der Waals surface area (Å²) in [7, 11) is 1.54. The Hall–Kier alpha value is -3.49. The zero-order chi connectivity index (χ0) is 16.6. The van der Waals surface area contributed by atoms with Gasteiger partial charge in [0.2, 0.25) is 0 Å². The molecule has 9 heteroatoms. The Morgan fingerprint density at radius 3 is 2.35 bits per heavy atom. The van der Waals surface area contributed by atoms with Crippen LogP contribution in [0.1, 0.15) is 0 Å². The van der Waals surface area contributed by atoms with Crippen LogP contribution < -0.4 is 4.74 Å². The summed E-state index contributed by atoms with van der Waals surface area (Å²) in [6.45, 7) is 0. The van der Waals surface area contributed by atoms with E-state index in [2.05, 4.69) is 5.10 Å². The molecule has 0 saturated heterocycles. The highest BCUT2D eigenvalue weighted by atomic mass is 16.6. The van der Waals surface area contributed by atoms with Crippen molar-refractivity contribution in [3.63, 3.8) is 0 Å². The van der Waals surface area contributed by atoms with Gasteiger partial charge in [-0.1, -0.05) is 0 Å². The number of methoxy groups -OCH3 is 1. The van der Waals surface area contributed by atoms with Crippen molar-refractivity contribution in [3.05, 3.63) is 62.8 Å². The molecule has 9 nitrogen and oxygen atoms in total. The van der Waals surface area contributed by atoms with E-state index in [-0.39, 0.29) is 22.3 Å². The van der Waals surface area contributed by atoms with Crippen LogP contribution >= 0.6 is 0 Å². The van der Waals surface area contributed by atoms with E-state index >= 15 is 0 Å². The Bertz CT molecular complexity index is 917. The van der Waals surface area contributed by atoms with Crippen molar-refractivity contribution in [1.82, 2.24) is 9.78 Å². The fraction of sp³-hybridized carbons (Fsp3) is 0.0714.